The van der Waals surface area contributed by atoms with Crippen LogP contribution in [-0.4, -0.2) is 4.98 Å². The fourth-order valence-electron chi connectivity index (χ4n) is 8.65. The van der Waals surface area contributed by atoms with E-state index in [4.69, 9.17) is 4.98 Å². The summed E-state index contributed by atoms with van der Waals surface area (Å²) >= 11 is 0. The Hall–Kier alpha value is -7.49. The van der Waals surface area contributed by atoms with Gasteiger partial charge in [-0.2, -0.15) is 0 Å². The molecule has 59 heavy (non-hydrogen) atoms. The Labute approximate surface area is 347 Å². The van der Waals surface area contributed by atoms with Crippen molar-refractivity contribution in [2.75, 3.05) is 9.80 Å². The number of pyridine rings is 1. The molecule has 0 radical (unpaired) electrons. The predicted molar refractivity (Wildman–Crippen MR) is 247 cm³/mol. The predicted octanol–water partition coefficient (Wildman–Crippen LogP) is 15.3. The molecule has 0 spiro atoms. The van der Waals surface area contributed by atoms with E-state index in [-0.39, 0.29) is 5.41 Å². The molecule has 0 fully saturated rings. The summed E-state index contributed by atoms with van der Waals surface area (Å²) in [5, 5.41) is 0. The van der Waals surface area contributed by atoms with Crippen LogP contribution >= 0.6 is 0 Å². The second kappa shape index (κ2) is 15.1. The average Bonchev–Trinajstić information content (AvgIpc) is 3.53. The molecule has 0 saturated carbocycles. The minimum atomic E-state index is -0.0841. The molecule has 0 saturated heterocycles. The van der Waals surface area contributed by atoms with Crippen LogP contribution in [0, 0.1) is 0 Å². The van der Waals surface area contributed by atoms with Crippen molar-refractivity contribution in [3.63, 3.8) is 0 Å². The summed E-state index contributed by atoms with van der Waals surface area (Å²) in [5.41, 5.74) is 17.6. The number of rotatable bonds is 9. The SMILES string of the molecule is CC1(C)c2ccccc2-c2ccc(N(c3ccccc3)c3ccc(-c4ccc(N(c5ccc(-c6ccccc6)cc5)c5cccc(-c6ccccc6)c5)nc4)cc3)cc21. The molecular formula is C56H43N3. The molecule has 3 nitrogen and oxygen atoms in total. The van der Waals surface area contributed by atoms with Gasteiger partial charge in [0.2, 0.25) is 0 Å². The summed E-state index contributed by atoms with van der Waals surface area (Å²) in [6.07, 6.45) is 1.99. The molecule has 8 aromatic carbocycles. The van der Waals surface area contributed by atoms with Crippen molar-refractivity contribution in [3.8, 4) is 44.5 Å². The number of hydrogen-bond acceptors (Lipinski definition) is 3. The van der Waals surface area contributed by atoms with E-state index in [2.05, 4.69) is 242 Å². The van der Waals surface area contributed by atoms with Crippen molar-refractivity contribution in [3.05, 3.63) is 236 Å². The number of anilines is 6. The van der Waals surface area contributed by atoms with Crippen LogP contribution in [0.3, 0.4) is 0 Å². The Balaban J connectivity index is 0.983. The van der Waals surface area contributed by atoms with Gasteiger partial charge in [-0.3, -0.25) is 4.90 Å². The van der Waals surface area contributed by atoms with Crippen LogP contribution in [0.25, 0.3) is 44.5 Å². The molecule has 0 amide bonds. The lowest BCUT2D eigenvalue weighted by Gasteiger charge is -2.28. The number of nitrogens with zero attached hydrogens (tertiary/aromatic N) is 3. The van der Waals surface area contributed by atoms with Crippen LogP contribution in [0.5, 0.6) is 0 Å². The van der Waals surface area contributed by atoms with Gasteiger partial charge in [0, 0.05) is 45.6 Å². The van der Waals surface area contributed by atoms with Crippen molar-refractivity contribution in [2.45, 2.75) is 19.3 Å². The summed E-state index contributed by atoms with van der Waals surface area (Å²) in [7, 11) is 0. The quantitative estimate of drug-likeness (QED) is 0.146. The summed E-state index contributed by atoms with van der Waals surface area (Å²) in [4.78, 5) is 9.72. The maximum atomic E-state index is 5.12. The van der Waals surface area contributed by atoms with Crippen molar-refractivity contribution < 1.29 is 0 Å². The Morgan fingerprint density at radius 2 is 0.780 bits per heavy atom. The van der Waals surface area contributed by atoms with Gasteiger partial charge in [-0.05, 0) is 123 Å². The van der Waals surface area contributed by atoms with Gasteiger partial charge in [-0.1, -0.05) is 159 Å². The Kier molecular flexibility index (Phi) is 9.19. The first kappa shape index (κ1) is 35.9. The minimum Gasteiger partial charge on any atom is -0.310 e. The van der Waals surface area contributed by atoms with Crippen LogP contribution in [0.1, 0.15) is 25.0 Å². The summed E-state index contributed by atoms with van der Waals surface area (Å²) in [6.45, 7) is 4.68. The molecule has 0 atom stereocenters. The third-order valence-corrected chi connectivity index (χ3v) is 11.7. The number of hydrogen-bond donors (Lipinski definition) is 0. The fraction of sp³-hybridized carbons (Fsp3) is 0.0536. The second-order valence-corrected chi connectivity index (χ2v) is 15.7. The normalized spacial score (nSPS) is 12.4. The molecule has 1 aromatic heterocycles. The lowest BCUT2D eigenvalue weighted by atomic mass is 9.82. The van der Waals surface area contributed by atoms with Crippen LogP contribution in [-0.2, 0) is 5.41 Å². The molecule has 0 unspecified atom stereocenters. The Morgan fingerprint density at radius 3 is 1.44 bits per heavy atom. The molecule has 0 N–H and O–H groups in total. The zero-order valence-electron chi connectivity index (χ0n) is 33.2. The van der Waals surface area contributed by atoms with E-state index in [0.717, 1.165) is 50.9 Å². The number of benzene rings is 8. The van der Waals surface area contributed by atoms with Crippen molar-refractivity contribution in [1.82, 2.24) is 4.98 Å². The van der Waals surface area contributed by atoms with Gasteiger partial charge in [0.25, 0.3) is 0 Å². The third kappa shape index (κ3) is 6.77. The van der Waals surface area contributed by atoms with Crippen molar-refractivity contribution >= 4 is 34.3 Å². The first-order valence-corrected chi connectivity index (χ1v) is 20.3. The highest BCUT2D eigenvalue weighted by molar-refractivity contribution is 5.86. The minimum absolute atomic E-state index is 0.0841. The first-order chi connectivity index (χ1) is 29.0. The summed E-state index contributed by atoms with van der Waals surface area (Å²) in [5.74, 6) is 0.847. The van der Waals surface area contributed by atoms with Gasteiger partial charge < -0.3 is 4.90 Å². The zero-order valence-corrected chi connectivity index (χ0v) is 33.2. The molecule has 0 aliphatic heterocycles. The fourth-order valence-corrected chi connectivity index (χ4v) is 8.65. The highest BCUT2D eigenvalue weighted by Crippen LogP contribution is 2.50. The lowest BCUT2D eigenvalue weighted by Crippen LogP contribution is -2.16. The molecule has 9 aromatic rings. The van der Waals surface area contributed by atoms with Crippen molar-refractivity contribution in [2.24, 2.45) is 0 Å². The summed E-state index contributed by atoms with van der Waals surface area (Å²) in [6, 6.07) is 78.1. The molecule has 1 heterocycles. The van der Waals surface area contributed by atoms with E-state index in [0.29, 0.717) is 0 Å². The number of para-hydroxylation sites is 1. The molecule has 10 rings (SSSR count). The largest absolute Gasteiger partial charge is 0.310 e. The van der Waals surface area contributed by atoms with E-state index in [1.807, 2.05) is 6.20 Å². The maximum absolute atomic E-state index is 5.12. The van der Waals surface area contributed by atoms with Crippen LogP contribution in [0.2, 0.25) is 0 Å². The van der Waals surface area contributed by atoms with Gasteiger partial charge in [0.15, 0.2) is 0 Å². The van der Waals surface area contributed by atoms with E-state index in [1.165, 1.54) is 38.9 Å². The van der Waals surface area contributed by atoms with Gasteiger partial charge in [0.1, 0.15) is 5.82 Å². The highest BCUT2D eigenvalue weighted by atomic mass is 15.2. The molecular weight excluding hydrogens is 715 g/mol. The van der Waals surface area contributed by atoms with E-state index >= 15 is 0 Å². The maximum Gasteiger partial charge on any atom is 0.137 e. The first-order valence-electron chi connectivity index (χ1n) is 20.3. The monoisotopic (exact) mass is 757 g/mol. The standard InChI is InChI=1S/C56H43N3/c1-56(2)53-24-13-12-23-51(53)52-35-34-50(38-54(52)56)58(46-20-10-5-11-21-46)47-30-27-43(28-31-47)45-29-36-55(57-39-45)59(48-32-25-42(26-33-48)40-15-6-3-7-16-40)49-22-14-19-44(37-49)41-17-8-4-9-18-41/h3-39H,1-2H3. The van der Waals surface area contributed by atoms with Gasteiger partial charge >= 0.3 is 0 Å². The van der Waals surface area contributed by atoms with Crippen molar-refractivity contribution in [1.29, 1.82) is 0 Å². The van der Waals surface area contributed by atoms with E-state index < -0.39 is 0 Å². The topological polar surface area (TPSA) is 19.4 Å². The molecule has 282 valence electrons. The third-order valence-electron chi connectivity index (χ3n) is 11.7. The van der Waals surface area contributed by atoms with E-state index in [1.54, 1.807) is 0 Å². The summed E-state index contributed by atoms with van der Waals surface area (Å²) < 4.78 is 0. The molecule has 1 aliphatic rings. The van der Waals surface area contributed by atoms with Gasteiger partial charge in [-0.15, -0.1) is 0 Å². The molecule has 3 heteroatoms. The smallest absolute Gasteiger partial charge is 0.137 e. The lowest BCUT2D eigenvalue weighted by molar-refractivity contribution is 0.660. The number of aromatic nitrogens is 1. The van der Waals surface area contributed by atoms with Crippen LogP contribution in [0.15, 0.2) is 225 Å². The Bertz CT molecular complexity index is 2870. The second-order valence-electron chi connectivity index (χ2n) is 15.7. The highest BCUT2D eigenvalue weighted by Gasteiger charge is 2.35. The van der Waals surface area contributed by atoms with Crippen LogP contribution < -0.4 is 9.80 Å². The number of fused-ring (bicyclic) bond motifs is 3. The van der Waals surface area contributed by atoms with Crippen LogP contribution in [0.4, 0.5) is 34.3 Å². The van der Waals surface area contributed by atoms with Gasteiger partial charge in [0.05, 0.1) is 0 Å². The molecule has 0 bridgehead atoms. The zero-order chi connectivity index (χ0) is 39.8. The average molecular weight is 758 g/mol. The van der Waals surface area contributed by atoms with Gasteiger partial charge in [-0.25, -0.2) is 4.98 Å². The van der Waals surface area contributed by atoms with E-state index in [9.17, 15) is 0 Å². The Morgan fingerprint density at radius 1 is 0.322 bits per heavy atom. The molecule has 1 aliphatic carbocycles.